The van der Waals surface area contributed by atoms with Crippen molar-refractivity contribution < 1.29 is 45.1 Å². The lowest BCUT2D eigenvalue weighted by Gasteiger charge is -2.25. The Morgan fingerprint density at radius 1 is 0.913 bits per heavy atom. The van der Waals surface area contributed by atoms with Crippen LogP contribution >= 0.6 is 0 Å². The van der Waals surface area contributed by atoms with E-state index in [0.717, 1.165) is 12.1 Å². The van der Waals surface area contributed by atoms with Gasteiger partial charge in [-0.2, -0.15) is 35.5 Å². The van der Waals surface area contributed by atoms with Gasteiger partial charge in [0.1, 0.15) is 0 Å². The molecule has 0 saturated heterocycles. The highest BCUT2D eigenvalue weighted by molar-refractivity contribution is 6.68. The van der Waals surface area contributed by atoms with Gasteiger partial charge in [0.25, 0.3) is 5.78 Å². The predicted molar refractivity (Wildman–Crippen MR) is 60.4 cm³/mol. The maximum Gasteiger partial charge on any atom is 0.460 e. The highest BCUT2D eigenvalue weighted by Gasteiger charge is 2.78. The number of rotatable bonds is 5. The summed E-state index contributed by atoms with van der Waals surface area (Å²) in [5.74, 6) is -18.1. The molecule has 0 unspecified atom stereocenters. The minimum atomic E-state index is -6.76. The van der Waals surface area contributed by atoms with E-state index in [2.05, 4.69) is 0 Å². The van der Waals surface area contributed by atoms with Gasteiger partial charge in [-0.05, 0) is 0 Å². The molecule has 0 N–H and O–H groups in total. The van der Waals surface area contributed by atoms with Crippen molar-refractivity contribution in [2.24, 2.45) is 0 Å². The molecule has 0 spiro atoms. The van der Waals surface area contributed by atoms with E-state index in [1.54, 1.807) is 0 Å². The average Bonchev–Trinajstić information content (AvgIpc) is 2.47. The first-order valence-corrected chi connectivity index (χ1v) is 5.57. The fraction of sp³-hybridized carbons (Fsp3) is 0.250. The van der Waals surface area contributed by atoms with Gasteiger partial charge in [0, 0.05) is 5.56 Å². The second-order valence-electron chi connectivity index (χ2n) is 4.12. The molecule has 124 valence electrons. The van der Waals surface area contributed by atoms with Gasteiger partial charge in [0.2, 0.25) is 0 Å². The molecule has 0 aliphatic carbocycles. The summed E-state index contributed by atoms with van der Waals surface area (Å²) in [6, 6.07) is 5.63. The van der Waals surface area contributed by atoms with E-state index >= 15 is 0 Å². The Balaban J connectivity index is 3.31. The molecule has 4 nitrogen and oxygen atoms in total. The lowest BCUT2D eigenvalue weighted by molar-refractivity contribution is -0.342. The maximum atomic E-state index is 13.2. The van der Waals surface area contributed by atoms with Crippen LogP contribution in [-0.2, 0) is 4.79 Å². The summed E-state index contributed by atoms with van der Waals surface area (Å²) in [7, 11) is 0. The van der Waals surface area contributed by atoms with E-state index in [9.17, 15) is 40.3 Å². The molecule has 0 heterocycles. The fourth-order valence-electron chi connectivity index (χ4n) is 1.39. The van der Waals surface area contributed by atoms with Crippen LogP contribution in [0.3, 0.4) is 0 Å². The second kappa shape index (κ2) is 5.92. The molecular formula is C12H5F7N2O2. The molecule has 0 radical (unpaired) electrons. The minimum absolute atomic E-state index is 0.528. The van der Waals surface area contributed by atoms with Crippen LogP contribution in [0.15, 0.2) is 30.3 Å². The van der Waals surface area contributed by atoms with E-state index in [1.807, 2.05) is 4.79 Å². The summed E-state index contributed by atoms with van der Waals surface area (Å²) in [6.45, 7) is 0. The van der Waals surface area contributed by atoms with Crippen LogP contribution < -0.4 is 0 Å². The number of Topliss-reactive ketones (excluding diaryl/α,β-unsaturated/α-hetero) is 2. The van der Waals surface area contributed by atoms with Gasteiger partial charge in [-0.15, -0.1) is 0 Å². The second-order valence-corrected chi connectivity index (χ2v) is 4.12. The molecule has 11 heteroatoms. The monoisotopic (exact) mass is 342 g/mol. The minimum Gasteiger partial charge on any atom is -0.360 e. The van der Waals surface area contributed by atoms with Crippen LogP contribution in [0.1, 0.15) is 10.4 Å². The molecule has 1 rings (SSSR count). The number of carbonyl (C=O) groups excluding carboxylic acids is 2. The molecular weight excluding hydrogens is 337 g/mol. The Labute approximate surface area is 123 Å². The van der Waals surface area contributed by atoms with Gasteiger partial charge in [-0.3, -0.25) is 9.59 Å². The Morgan fingerprint density at radius 3 is 1.78 bits per heavy atom. The number of benzene rings is 1. The molecule has 0 fully saturated rings. The molecule has 0 amide bonds. The molecule has 0 bridgehead atoms. The van der Waals surface area contributed by atoms with Crippen molar-refractivity contribution in [1.82, 2.24) is 0 Å². The van der Waals surface area contributed by atoms with Crippen molar-refractivity contribution in [3.63, 3.8) is 0 Å². The number of hydrogen-bond acceptors (Lipinski definition) is 2. The van der Waals surface area contributed by atoms with Crippen molar-refractivity contribution in [3.8, 4) is 0 Å². The summed E-state index contributed by atoms with van der Waals surface area (Å²) in [5, 5.41) is 0. The van der Waals surface area contributed by atoms with Gasteiger partial charge in [0.05, 0.1) is 0 Å². The van der Waals surface area contributed by atoms with Crippen LogP contribution in [0.5, 0.6) is 0 Å². The highest BCUT2D eigenvalue weighted by atomic mass is 19.4. The lowest BCUT2D eigenvalue weighted by Crippen LogP contribution is -2.58. The van der Waals surface area contributed by atoms with Crippen LogP contribution in [0.25, 0.3) is 5.53 Å². The van der Waals surface area contributed by atoms with Crippen molar-refractivity contribution in [3.05, 3.63) is 41.4 Å². The molecule has 0 aliphatic heterocycles. The number of carbonyl (C=O) groups is 2. The summed E-state index contributed by atoms with van der Waals surface area (Å²) >= 11 is 0. The molecule has 23 heavy (non-hydrogen) atoms. The number of nitrogens with zero attached hydrogens (tertiary/aromatic N) is 2. The molecule has 1 aromatic carbocycles. The van der Waals surface area contributed by atoms with Crippen LogP contribution in [0.4, 0.5) is 30.7 Å². The first-order chi connectivity index (χ1) is 10.4. The predicted octanol–water partition coefficient (Wildman–Crippen LogP) is 2.94. The first kappa shape index (κ1) is 18.5. The summed E-state index contributed by atoms with van der Waals surface area (Å²) < 4.78 is 88.1. The van der Waals surface area contributed by atoms with Crippen LogP contribution in [0, 0.1) is 0 Å². The van der Waals surface area contributed by atoms with Crippen molar-refractivity contribution in [2.45, 2.75) is 18.0 Å². The van der Waals surface area contributed by atoms with Crippen molar-refractivity contribution in [1.29, 1.82) is 0 Å². The quantitative estimate of drug-likeness (QED) is 0.206. The SMILES string of the molecule is [N-]=[N+]=C(C(=O)c1ccccc1)C(=O)C(F)(F)C(F)(F)C(F)(F)F. The Kier molecular flexibility index (Phi) is 4.76. The molecule has 0 aromatic heterocycles. The number of hydrogen-bond donors (Lipinski definition) is 0. The third-order valence-corrected chi connectivity index (χ3v) is 2.60. The van der Waals surface area contributed by atoms with E-state index in [-0.39, 0.29) is 0 Å². The zero-order valence-electron chi connectivity index (χ0n) is 10.7. The van der Waals surface area contributed by atoms with E-state index in [4.69, 9.17) is 5.53 Å². The van der Waals surface area contributed by atoms with Gasteiger partial charge in [-0.1, -0.05) is 30.3 Å². The lowest BCUT2D eigenvalue weighted by atomic mass is 9.97. The first-order valence-electron chi connectivity index (χ1n) is 5.57. The van der Waals surface area contributed by atoms with Gasteiger partial charge in [0.15, 0.2) is 0 Å². The summed E-state index contributed by atoms with van der Waals surface area (Å²) in [4.78, 5) is 24.8. The Morgan fingerprint density at radius 2 is 1.39 bits per heavy atom. The normalized spacial score (nSPS) is 12.5. The van der Waals surface area contributed by atoms with Gasteiger partial charge >= 0.3 is 29.5 Å². The number of alkyl halides is 7. The van der Waals surface area contributed by atoms with E-state index in [0.29, 0.717) is 0 Å². The number of ketones is 2. The highest BCUT2D eigenvalue weighted by Crippen LogP contribution is 2.47. The topological polar surface area (TPSA) is 70.5 Å². The van der Waals surface area contributed by atoms with E-state index < -0.39 is 40.9 Å². The standard InChI is InChI=1S/C12H5F7N2O2/c13-10(14,11(15,16)12(17,18)19)9(23)7(21-20)8(22)6-4-2-1-3-5-6/h1-5H. The Bertz CT molecular complexity index is 676. The van der Waals surface area contributed by atoms with Gasteiger partial charge in [-0.25, -0.2) is 0 Å². The van der Waals surface area contributed by atoms with Crippen LogP contribution in [0.2, 0.25) is 0 Å². The fourth-order valence-corrected chi connectivity index (χ4v) is 1.39. The summed E-state index contributed by atoms with van der Waals surface area (Å²) in [5.41, 5.74) is 5.77. The number of halogens is 7. The summed E-state index contributed by atoms with van der Waals surface area (Å²) in [6.07, 6.45) is -6.76. The van der Waals surface area contributed by atoms with E-state index in [1.165, 1.54) is 18.2 Å². The van der Waals surface area contributed by atoms with Crippen LogP contribution in [-0.4, -0.2) is 40.1 Å². The van der Waals surface area contributed by atoms with Gasteiger partial charge < -0.3 is 5.53 Å². The Hall–Kier alpha value is -2.55. The zero-order valence-corrected chi connectivity index (χ0v) is 10.7. The van der Waals surface area contributed by atoms with Crippen molar-refractivity contribution >= 4 is 17.3 Å². The third-order valence-electron chi connectivity index (χ3n) is 2.60. The van der Waals surface area contributed by atoms with Crippen molar-refractivity contribution in [2.75, 3.05) is 0 Å². The molecule has 0 saturated carbocycles. The largest absolute Gasteiger partial charge is 0.460 e. The zero-order chi connectivity index (χ0) is 18.1. The average molecular weight is 342 g/mol. The maximum absolute atomic E-state index is 13.2. The molecule has 1 aromatic rings. The molecule has 0 atom stereocenters. The smallest absolute Gasteiger partial charge is 0.360 e. The molecule has 0 aliphatic rings. The third kappa shape index (κ3) is 3.14.